The number of piperidine rings is 1. The van der Waals surface area contributed by atoms with Crippen molar-refractivity contribution in [1.82, 2.24) is 19.4 Å². The summed E-state index contributed by atoms with van der Waals surface area (Å²) in [7, 11) is -3.51. The molecule has 0 saturated carbocycles. The largest absolute Gasteiger partial charge is 0.369 e. The topological polar surface area (TPSA) is 98.4 Å². The Morgan fingerprint density at radius 3 is 2.82 bits per heavy atom. The van der Waals surface area contributed by atoms with Gasteiger partial charge in [0.25, 0.3) is 5.89 Å². The average Bonchev–Trinajstić information content (AvgIpc) is 3.23. The smallest absolute Gasteiger partial charge is 0.259 e. The SMILES string of the molecule is O=S(=O)(c1ccccc1)N1CCCC(OCc2noc(-c3cccnc3)n2)C1. The molecule has 1 fully saturated rings. The summed E-state index contributed by atoms with van der Waals surface area (Å²) in [5.74, 6) is 0.797. The van der Waals surface area contributed by atoms with Crippen molar-refractivity contribution in [3.05, 3.63) is 60.7 Å². The van der Waals surface area contributed by atoms with Gasteiger partial charge < -0.3 is 9.26 Å². The van der Waals surface area contributed by atoms with Gasteiger partial charge in [-0.25, -0.2) is 8.42 Å². The summed E-state index contributed by atoms with van der Waals surface area (Å²) < 4.78 is 38.2. The van der Waals surface area contributed by atoms with Crippen LogP contribution in [0.15, 0.2) is 64.3 Å². The van der Waals surface area contributed by atoms with E-state index in [2.05, 4.69) is 15.1 Å². The molecule has 1 aliphatic heterocycles. The zero-order chi connectivity index (χ0) is 19.4. The van der Waals surface area contributed by atoms with Crippen LogP contribution in [-0.2, 0) is 21.4 Å². The summed E-state index contributed by atoms with van der Waals surface area (Å²) in [6, 6.07) is 12.1. The van der Waals surface area contributed by atoms with Crippen LogP contribution < -0.4 is 0 Å². The van der Waals surface area contributed by atoms with E-state index in [1.807, 2.05) is 6.07 Å². The Kier molecular flexibility index (Phi) is 5.47. The fourth-order valence-electron chi connectivity index (χ4n) is 3.11. The number of benzene rings is 1. The van der Waals surface area contributed by atoms with Crippen LogP contribution in [0.2, 0.25) is 0 Å². The van der Waals surface area contributed by atoms with E-state index in [9.17, 15) is 8.42 Å². The molecule has 3 heterocycles. The van der Waals surface area contributed by atoms with Crippen molar-refractivity contribution in [3.8, 4) is 11.5 Å². The Morgan fingerprint density at radius 2 is 2.04 bits per heavy atom. The number of sulfonamides is 1. The maximum absolute atomic E-state index is 12.8. The summed E-state index contributed by atoms with van der Waals surface area (Å²) in [6.45, 7) is 0.961. The van der Waals surface area contributed by atoms with Crippen LogP contribution in [0.4, 0.5) is 0 Å². The third kappa shape index (κ3) is 4.11. The molecule has 0 aliphatic carbocycles. The van der Waals surface area contributed by atoms with Crippen molar-refractivity contribution in [2.75, 3.05) is 13.1 Å². The monoisotopic (exact) mass is 400 g/mol. The summed E-state index contributed by atoms with van der Waals surface area (Å²) in [6.07, 6.45) is 4.62. The first-order chi connectivity index (χ1) is 13.6. The van der Waals surface area contributed by atoms with Crippen LogP contribution in [-0.4, -0.2) is 47.0 Å². The molecule has 0 amide bonds. The molecule has 1 saturated heterocycles. The molecule has 146 valence electrons. The number of nitrogens with zero attached hydrogens (tertiary/aromatic N) is 4. The molecular formula is C19H20N4O4S. The van der Waals surface area contributed by atoms with Crippen molar-refractivity contribution in [3.63, 3.8) is 0 Å². The van der Waals surface area contributed by atoms with Crippen LogP contribution in [0, 0.1) is 0 Å². The van der Waals surface area contributed by atoms with E-state index in [1.165, 1.54) is 4.31 Å². The van der Waals surface area contributed by atoms with Gasteiger partial charge in [-0.2, -0.15) is 9.29 Å². The Labute approximate surface area is 163 Å². The molecule has 9 heteroatoms. The van der Waals surface area contributed by atoms with Gasteiger partial charge in [0.2, 0.25) is 10.0 Å². The molecule has 28 heavy (non-hydrogen) atoms. The minimum atomic E-state index is -3.51. The van der Waals surface area contributed by atoms with Gasteiger partial charge in [0.05, 0.1) is 16.6 Å². The van der Waals surface area contributed by atoms with E-state index in [1.54, 1.807) is 48.8 Å². The first kappa shape index (κ1) is 18.7. The number of hydrogen-bond acceptors (Lipinski definition) is 7. The normalized spacial score (nSPS) is 18.2. The maximum Gasteiger partial charge on any atom is 0.259 e. The van der Waals surface area contributed by atoms with Crippen LogP contribution >= 0.6 is 0 Å². The minimum Gasteiger partial charge on any atom is -0.369 e. The average molecular weight is 400 g/mol. The number of ether oxygens (including phenoxy) is 1. The summed E-state index contributed by atoms with van der Waals surface area (Å²) >= 11 is 0. The van der Waals surface area contributed by atoms with Gasteiger partial charge in [-0.3, -0.25) is 4.98 Å². The second-order valence-corrected chi connectivity index (χ2v) is 8.45. The summed E-state index contributed by atoms with van der Waals surface area (Å²) in [5.41, 5.74) is 0.735. The highest BCUT2D eigenvalue weighted by Gasteiger charge is 2.30. The maximum atomic E-state index is 12.8. The van der Waals surface area contributed by atoms with Crippen LogP contribution in [0.1, 0.15) is 18.7 Å². The van der Waals surface area contributed by atoms with Crippen molar-refractivity contribution >= 4 is 10.0 Å². The van der Waals surface area contributed by atoms with E-state index < -0.39 is 10.0 Å². The Balaban J connectivity index is 1.38. The van der Waals surface area contributed by atoms with Crippen molar-refractivity contribution in [2.45, 2.75) is 30.4 Å². The Morgan fingerprint density at radius 1 is 1.18 bits per heavy atom. The fraction of sp³-hybridized carbons (Fsp3) is 0.316. The van der Waals surface area contributed by atoms with E-state index >= 15 is 0 Å². The standard InChI is InChI=1S/C19H20N4O4S/c24-28(25,17-8-2-1-3-9-17)23-11-5-7-16(13-23)26-14-18-21-19(27-22-18)15-6-4-10-20-12-15/h1-4,6,8-10,12,16H,5,7,11,13-14H2. The lowest BCUT2D eigenvalue weighted by Crippen LogP contribution is -2.43. The molecule has 2 aromatic heterocycles. The predicted molar refractivity (Wildman–Crippen MR) is 101 cm³/mol. The summed E-state index contributed by atoms with van der Waals surface area (Å²) in [4.78, 5) is 8.63. The number of rotatable bonds is 6. The van der Waals surface area contributed by atoms with E-state index in [-0.39, 0.29) is 12.7 Å². The molecule has 1 unspecified atom stereocenters. The molecule has 0 bridgehead atoms. The molecule has 0 radical (unpaired) electrons. The first-order valence-electron chi connectivity index (χ1n) is 9.03. The molecule has 8 nitrogen and oxygen atoms in total. The number of hydrogen-bond donors (Lipinski definition) is 0. The molecule has 1 atom stereocenters. The molecule has 0 N–H and O–H groups in total. The lowest BCUT2D eigenvalue weighted by atomic mass is 10.1. The fourth-order valence-corrected chi connectivity index (χ4v) is 4.64. The molecule has 0 spiro atoms. The quantitative estimate of drug-likeness (QED) is 0.627. The third-order valence-corrected chi connectivity index (χ3v) is 6.43. The second-order valence-electron chi connectivity index (χ2n) is 6.51. The zero-order valence-electron chi connectivity index (χ0n) is 15.1. The van der Waals surface area contributed by atoms with E-state index in [0.717, 1.165) is 18.4 Å². The molecule has 1 aromatic carbocycles. The molecule has 3 aromatic rings. The predicted octanol–water partition coefficient (Wildman–Crippen LogP) is 2.50. The van der Waals surface area contributed by atoms with Gasteiger partial charge in [-0.05, 0) is 37.1 Å². The lowest BCUT2D eigenvalue weighted by molar-refractivity contribution is 0.00438. The Bertz CT molecular complexity index is 1010. The summed E-state index contributed by atoms with van der Waals surface area (Å²) in [5, 5.41) is 3.92. The van der Waals surface area contributed by atoms with Crippen LogP contribution in [0.5, 0.6) is 0 Å². The van der Waals surface area contributed by atoms with Gasteiger partial charge >= 0.3 is 0 Å². The highest BCUT2D eigenvalue weighted by atomic mass is 32.2. The zero-order valence-corrected chi connectivity index (χ0v) is 16.0. The van der Waals surface area contributed by atoms with E-state index in [4.69, 9.17) is 9.26 Å². The van der Waals surface area contributed by atoms with Gasteiger partial charge in [0.15, 0.2) is 5.82 Å². The van der Waals surface area contributed by atoms with Crippen LogP contribution in [0.25, 0.3) is 11.5 Å². The van der Waals surface area contributed by atoms with Gasteiger partial charge in [0.1, 0.15) is 6.61 Å². The Hall–Kier alpha value is -2.62. The van der Waals surface area contributed by atoms with Crippen molar-refractivity contribution in [2.24, 2.45) is 0 Å². The van der Waals surface area contributed by atoms with Crippen LogP contribution in [0.3, 0.4) is 0 Å². The number of aromatic nitrogens is 3. The second kappa shape index (κ2) is 8.17. The van der Waals surface area contributed by atoms with Gasteiger partial charge in [-0.1, -0.05) is 23.4 Å². The molecular weight excluding hydrogens is 380 g/mol. The minimum absolute atomic E-state index is 0.160. The molecule has 4 rings (SSSR count). The third-order valence-electron chi connectivity index (χ3n) is 4.55. The van der Waals surface area contributed by atoms with Crippen molar-refractivity contribution < 1.29 is 17.7 Å². The molecule has 1 aliphatic rings. The first-order valence-corrected chi connectivity index (χ1v) is 10.5. The number of pyridine rings is 1. The highest BCUT2D eigenvalue weighted by molar-refractivity contribution is 7.89. The van der Waals surface area contributed by atoms with Crippen molar-refractivity contribution in [1.29, 1.82) is 0 Å². The van der Waals surface area contributed by atoms with Gasteiger partial charge in [0, 0.05) is 25.5 Å². The van der Waals surface area contributed by atoms with E-state index in [0.29, 0.717) is 29.7 Å². The highest BCUT2D eigenvalue weighted by Crippen LogP contribution is 2.23. The van der Waals surface area contributed by atoms with Gasteiger partial charge in [-0.15, -0.1) is 0 Å². The lowest BCUT2D eigenvalue weighted by Gasteiger charge is -2.31.